The van der Waals surface area contributed by atoms with Crippen molar-refractivity contribution in [3.05, 3.63) is 101 Å². The van der Waals surface area contributed by atoms with E-state index in [4.69, 9.17) is 39.0 Å². The van der Waals surface area contributed by atoms with Crippen molar-refractivity contribution < 1.29 is 58.0 Å². The minimum atomic E-state index is -1.26. The molecule has 1 aliphatic heterocycles. The number of carbonyl (C=O) groups excluding carboxylic acids is 3. The van der Waals surface area contributed by atoms with E-state index in [0.29, 0.717) is 39.8 Å². The molecule has 16 nitrogen and oxygen atoms in total. The first-order valence-electron chi connectivity index (χ1n) is 21.9. The second-order valence-electron chi connectivity index (χ2n) is 17.6. The van der Waals surface area contributed by atoms with E-state index in [1.807, 2.05) is 26.0 Å². The van der Waals surface area contributed by atoms with Crippen LogP contribution in [-0.2, 0) is 43.0 Å². The third kappa shape index (κ3) is 11.9. The summed E-state index contributed by atoms with van der Waals surface area (Å²) in [6.45, 7) is 14.1. The number of rotatable bonds is 17. The SMILES string of the molecule is C=C(OCC(=O)O)ONc1[nH]c(/C=C2\N=C(NC(=O)COCC(=O)O)C(C(=O)OC3C(C)CC(C)CC3C)=C2c2ccccc2)c(-c2ccccc2)c1C(=O)OC1C(C)CC(C)CC1C. The molecule has 5 N–H and O–H groups in total. The van der Waals surface area contributed by atoms with E-state index >= 15 is 0 Å². The van der Waals surface area contributed by atoms with Crippen LogP contribution in [-0.4, -0.2) is 82.8 Å². The number of nitrogens with one attached hydrogen (secondary N) is 3. The Morgan fingerprint density at radius 2 is 1.26 bits per heavy atom. The Labute approximate surface area is 378 Å². The van der Waals surface area contributed by atoms with Gasteiger partial charge in [0.15, 0.2) is 12.4 Å². The predicted octanol–water partition coefficient (Wildman–Crippen LogP) is 7.86. The molecule has 3 aromatic rings. The average molecular weight is 895 g/mol. The number of allylic oxidation sites excluding steroid dienone is 1. The van der Waals surface area contributed by atoms with Crippen LogP contribution >= 0.6 is 0 Å². The maximum absolute atomic E-state index is 14.7. The van der Waals surface area contributed by atoms with Gasteiger partial charge in [0, 0.05) is 11.1 Å². The molecule has 1 amide bonds. The molecule has 6 rings (SSSR count). The van der Waals surface area contributed by atoms with Gasteiger partial charge >= 0.3 is 23.9 Å². The first kappa shape index (κ1) is 47.8. The highest BCUT2D eigenvalue weighted by atomic mass is 16.8. The van der Waals surface area contributed by atoms with Crippen LogP contribution in [0.25, 0.3) is 22.8 Å². The summed E-state index contributed by atoms with van der Waals surface area (Å²) >= 11 is 0. The van der Waals surface area contributed by atoms with Gasteiger partial charge in [-0.3, -0.25) is 4.79 Å². The largest absolute Gasteiger partial charge is 0.480 e. The molecule has 65 heavy (non-hydrogen) atoms. The molecule has 4 unspecified atom stereocenters. The maximum atomic E-state index is 14.7. The van der Waals surface area contributed by atoms with Crippen molar-refractivity contribution in [2.24, 2.45) is 40.5 Å². The van der Waals surface area contributed by atoms with Crippen molar-refractivity contribution in [1.29, 1.82) is 0 Å². The normalized spacial score (nSPS) is 24.7. The Morgan fingerprint density at radius 3 is 1.80 bits per heavy atom. The molecule has 4 atom stereocenters. The zero-order chi connectivity index (χ0) is 46.9. The van der Waals surface area contributed by atoms with Crippen LogP contribution in [0.15, 0.2) is 89.5 Å². The number of ether oxygens (including phenoxy) is 4. The van der Waals surface area contributed by atoms with Gasteiger partial charge in [0.05, 0.1) is 11.4 Å². The number of carboxylic acid groups (broad SMARTS) is 2. The summed E-state index contributed by atoms with van der Waals surface area (Å²) < 4.78 is 22.9. The average Bonchev–Trinajstić information content (AvgIpc) is 3.79. The van der Waals surface area contributed by atoms with E-state index < -0.39 is 67.8 Å². The Kier molecular flexibility index (Phi) is 15.7. The van der Waals surface area contributed by atoms with Crippen molar-refractivity contribution in [3.8, 4) is 11.1 Å². The summed E-state index contributed by atoms with van der Waals surface area (Å²) in [5.74, 6) is -4.12. The Hall–Kier alpha value is -6.68. The fourth-order valence-corrected chi connectivity index (χ4v) is 9.62. The molecule has 2 saturated carbocycles. The van der Waals surface area contributed by atoms with Crippen molar-refractivity contribution in [1.82, 2.24) is 10.3 Å². The summed E-state index contributed by atoms with van der Waals surface area (Å²) in [6, 6.07) is 18.0. The van der Waals surface area contributed by atoms with Gasteiger partial charge in [-0.15, -0.1) is 0 Å². The number of aromatic amines is 1. The number of aliphatic imine (C=N–C) groups is 1. The number of anilines is 1. The molecule has 2 heterocycles. The monoisotopic (exact) mass is 894 g/mol. The highest BCUT2D eigenvalue weighted by Crippen LogP contribution is 2.43. The topological polar surface area (TPSA) is 224 Å². The highest BCUT2D eigenvalue weighted by molar-refractivity contribution is 6.31. The van der Waals surface area contributed by atoms with Gasteiger partial charge in [-0.1, -0.05) is 102 Å². The number of aromatic nitrogens is 1. The van der Waals surface area contributed by atoms with E-state index in [-0.39, 0.29) is 52.2 Å². The van der Waals surface area contributed by atoms with Crippen LogP contribution in [0.4, 0.5) is 5.82 Å². The minimum absolute atomic E-state index is 0.00993. The molecule has 346 valence electrons. The molecule has 2 fully saturated rings. The molecule has 0 bridgehead atoms. The van der Waals surface area contributed by atoms with Crippen LogP contribution in [0.1, 0.15) is 88.8 Å². The third-order valence-electron chi connectivity index (χ3n) is 12.0. The quantitative estimate of drug-likeness (QED) is 0.0495. The Bertz CT molecular complexity index is 2330. The number of hydrogen-bond donors (Lipinski definition) is 5. The Morgan fingerprint density at radius 1 is 0.738 bits per heavy atom. The first-order chi connectivity index (χ1) is 31.0. The summed E-state index contributed by atoms with van der Waals surface area (Å²) in [4.78, 5) is 78.8. The van der Waals surface area contributed by atoms with Gasteiger partial charge in [-0.2, -0.15) is 0 Å². The smallest absolute Gasteiger partial charge is 0.342 e. The number of nitrogens with zero attached hydrogens (tertiary/aromatic N) is 1. The fraction of sp³-hybridized carbons (Fsp3) is 0.429. The number of amidine groups is 1. The molecular weight excluding hydrogens is 837 g/mol. The standard InChI is InChI=1S/C49H58N4O12/c1-26-18-28(3)44(29(4)19-26)63-48(59)42-40(33-14-10-8-11-15-33)35(50-46(42)52-37(54)23-61-24-38(55)56)22-36-41(34-16-12-9-13-17-34)43(47(51-36)53-65-32(7)62-25-39(57)58)49(60)64-45-30(5)20-27(2)21-31(45)6/h8-17,22,26-31,44-45,51,53H,7,18-21,23-25H2,1-6H3,(H,55,56)(H,57,58)(H,50,52,54)/b35-22-. The van der Waals surface area contributed by atoms with E-state index in [1.165, 1.54) is 0 Å². The van der Waals surface area contributed by atoms with Gasteiger partial charge in [0.1, 0.15) is 42.4 Å². The number of amides is 1. The van der Waals surface area contributed by atoms with Crippen molar-refractivity contribution >= 4 is 53.1 Å². The van der Waals surface area contributed by atoms with Gasteiger partial charge in [-0.05, 0) is 85.0 Å². The number of hydrogen-bond acceptors (Lipinski definition) is 12. The lowest BCUT2D eigenvalue weighted by atomic mass is 9.75. The van der Waals surface area contributed by atoms with Crippen molar-refractivity contribution in [3.63, 3.8) is 0 Å². The van der Waals surface area contributed by atoms with E-state index in [0.717, 1.165) is 25.7 Å². The van der Waals surface area contributed by atoms with Gasteiger partial charge in [-0.25, -0.2) is 29.7 Å². The third-order valence-corrected chi connectivity index (χ3v) is 12.0. The van der Waals surface area contributed by atoms with Gasteiger partial charge in [0.2, 0.25) is 0 Å². The molecule has 16 heteroatoms. The molecule has 2 aliphatic carbocycles. The van der Waals surface area contributed by atoms with E-state index in [9.17, 15) is 24.0 Å². The fourth-order valence-electron chi connectivity index (χ4n) is 9.62. The number of benzene rings is 2. The highest BCUT2D eigenvalue weighted by Gasteiger charge is 2.40. The summed E-state index contributed by atoms with van der Waals surface area (Å²) in [6.07, 6.45) is 4.22. The number of carbonyl (C=O) groups is 5. The molecule has 0 radical (unpaired) electrons. The maximum Gasteiger partial charge on any atom is 0.342 e. The lowest BCUT2D eigenvalue weighted by molar-refractivity contribution is -0.152. The summed E-state index contributed by atoms with van der Waals surface area (Å²) in [5.41, 5.74) is 4.98. The van der Waals surface area contributed by atoms with E-state index in [2.05, 4.69) is 50.1 Å². The molecule has 1 aromatic heterocycles. The Balaban J connectivity index is 1.54. The van der Waals surface area contributed by atoms with Gasteiger partial charge in [0.25, 0.3) is 11.9 Å². The second-order valence-corrected chi connectivity index (χ2v) is 17.6. The predicted molar refractivity (Wildman–Crippen MR) is 242 cm³/mol. The molecule has 0 spiro atoms. The molecule has 3 aliphatic rings. The number of carboxylic acids is 2. The van der Waals surface area contributed by atoms with Crippen LogP contribution in [0, 0.1) is 35.5 Å². The number of aliphatic carboxylic acids is 2. The van der Waals surface area contributed by atoms with Crippen LogP contribution < -0.4 is 10.8 Å². The molecular formula is C49H58N4O12. The summed E-state index contributed by atoms with van der Waals surface area (Å²) in [5, 5.41) is 21.0. The number of H-pyrrole nitrogens is 1. The first-order valence-corrected chi connectivity index (χ1v) is 21.9. The van der Waals surface area contributed by atoms with Crippen molar-refractivity contribution in [2.45, 2.75) is 79.4 Å². The van der Waals surface area contributed by atoms with Crippen LogP contribution in [0.3, 0.4) is 0 Å². The lowest BCUT2D eigenvalue weighted by Crippen LogP contribution is -2.40. The zero-order valence-corrected chi connectivity index (χ0v) is 37.6. The van der Waals surface area contributed by atoms with E-state index in [1.54, 1.807) is 54.6 Å². The molecule has 0 saturated heterocycles. The number of esters is 2. The molecule has 2 aromatic carbocycles. The second kappa shape index (κ2) is 21.3. The van der Waals surface area contributed by atoms with Gasteiger partial charge < -0.3 is 44.3 Å². The zero-order valence-electron chi connectivity index (χ0n) is 37.6. The van der Waals surface area contributed by atoms with Crippen LogP contribution in [0.2, 0.25) is 0 Å². The minimum Gasteiger partial charge on any atom is -0.480 e. The van der Waals surface area contributed by atoms with Crippen molar-refractivity contribution in [2.75, 3.05) is 25.3 Å². The summed E-state index contributed by atoms with van der Waals surface area (Å²) in [7, 11) is 0. The lowest BCUT2D eigenvalue weighted by Gasteiger charge is -2.37. The van der Waals surface area contributed by atoms with Crippen LogP contribution in [0.5, 0.6) is 0 Å².